The molecule has 1 aromatic heterocycles. The third-order valence-electron chi connectivity index (χ3n) is 3.59. The topological polar surface area (TPSA) is 71.3 Å². The Bertz CT molecular complexity index is 965. The molecule has 3 rings (SSSR count). The van der Waals surface area contributed by atoms with Crippen LogP contribution in [0.15, 0.2) is 53.3 Å². The summed E-state index contributed by atoms with van der Waals surface area (Å²) < 4.78 is 14.6. The first-order valence-corrected chi connectivity index (χ1v) is 6.86. The molecule has 1 heterocycles. The minimum Gasteiger partial charge on any atom is -0.506 e. The number of fused-ring (bicyclic) bond motifs is 1. The van der Waals surface area contributed by atoms with Crippen LogP contribution < -0.4 is 10.9 Å². The average molecular weight is 312 g/mol. The van der Waals surface area contributed by atoms with Crippen molar-refractivity contribution in [3.05, 3.63) is 70.3 Å². The Labute approximate surface area is 130 Å². The molecular formula is C17H13FN2O3. The molecule has 23 heavy (non-hydrogen) atoms. The van der Waals surface area contributed by atoms with Crippen LogP contribution in [0.1, 0.15) is 10.4 Å². The highest BCUT2D eigenvalue weighted by molar-refractivity contribution is 6.09. The van der Waals surface area contributed by atoms with Gasteiger partial charge in [-0.15, -0.1) is 0 Å². The third kappa shape index (κ3) is 2.55. The second kappa shape index (κ2) is 5.57. The van der Waals surface area contributed by atoms with E-state index >= 15 is 0 Å². The van der Waals surface area contributed by atoms with Crippen molar-refractivity contribution in [2.24, 2.45) is 7.05 Å². The molecule has 0 fully saturated rings. The maximum absolute atomic E-state index is 13.4. The lowest BCUT2D eigenvalue weighted by Gasteiger charge is -2.12. The van der Waals surface area contributed by atoms with Crippen LogP contribution >= 0.6 is 0 Å². The van der Waals surface area contributed by atoms with Crippen molar-refractivity contribution < 1.29 is 14.3 Å². The van der Waals surface area contributed by atoms with E-state index in [9.17, 15) is 19.1 Å². The Kier molecular flexibility index (Phi) is 3.57. The van der Waals surface area contributed by atoms with Crippen LogP contribution in [0, 0.1) is 5.82 Å². The number of para-hydroxylation sites is 1. The van der Waals surface area contributed by atoms with E-state index in [1.54, 1.807) is 30.3 Å². The Morgan fingerprint density at radius 2 is 1.87 bits per heavy atom. The molecule has 2 aromatic carbocycles. The lowest BCUT2D eigenvalue weighted by Crippen LogP contribution is -2.28. The number of rotatable bonds is 2. The number of anilines is 1. The van der Waals surface area contributed by atoms with Gasteiger partial charge in [-0.05, 0) is 30.3 Å². The van der Waals surface area contributed by atoms with Gasteiger partial charge in [0.05, 0.1) is 5.52 Å². The number of halogens is 1. The van der Waals surface area contributed by atoms with Crippen molar-refractivity contribution in [3.63, 3.8) is 0 Å². The van der Waals surface area contributed by atoms with Crippen molar-refractivity contribution >= 4 is 22.5 Å². The molecule has 0 bridgehead atoms. The number of pyridine rings is 1. The van der Waals surface area contributed by atoms with E-state index in [-0.39, 0.29) is 5.39 Å². The fraction of sp³-hybridized carbons (Fsp3) is 0.0588. The van der Waals surface area contributed by atoms with Crippen molar-refractivity contribution in [1.82, 2.24) is 4.57 Å². The van der Waals surface area contributed by atoms with Crippen molar-refractivity contribution in [1.29, 1.82) is 0 Å². The molecule has 0 unspecified atom stereocenters. The van der Waals surface area contributed by atoms with Gasteiger partial charge < -0.3 is 15.0 Å². The standard InChI is InChI=1S/C17H13FN2O3/c1-20-13-8-7-10(18)9-12(13)15(21)14(17(20)23)16(22)19-11-5-3-2-4-6-11/h2-9,21H,1H3,(H,19,22). The van der Waals surface area contributed by atoms with Gasteiger partial charge in [-0.25, -0.2) is 4.39 Å². The molecule has 0 atom stereocenters. The first-order chi connectivity index (χ1) is 11.0. The number of aromatic nitrogens is 1. The molecule has 5 nitrogen and oxygen atoms in total. The number of amides is 1. The number of carbonyl (C=O) groups is 1. The minimum atomic E-state index is -0.750. The smallest absolute Gasteiger partial charge is 0.267 e. The maximum Gasteiger partial charge on any atom is 0.267 e. The number of nitrogens with zero attached hydrogens (tertiary/aromatic N) is 1. The van der Waals surface area contributed by atoms with Crippen LogP contribution in [0.3, 0.4) is 0 Å². The van der Waals surface area contributed by atoms with Gasteiger partial charge in [-0.2, -0.15) is 0 Å². The molecule has 0 aliphatic rings. The van der Waals surface area contributed by atoms with Crippen molar-refractivity contribution in [2.45, 2.75) is 0 Å². The molecule has 0 aliphatic heterocycles. The Hall–Kier alpha value is -3.15. The average Bonchev–Trinajstić information content (AvgIpc) is 2.54. The van der Waals surface area contributed by atoms with Gasteiger partial charge in [0, 0.05) is 18.1 Å². The monoisotopic (exact) mass is 312 g/mol. The first kappa shape index (κ1) is 14.8. The van der Waals surface area contributed by atoms with Crippen LogP contribution in [0.25, 0.3) is 10.9 Å². The van der Waals surface area contributed by atoms with E-state index < -0.39 is 28.6 Å². The summed E-state index contributed by atoms with van der Waals surface area (Å²) in [5.74, 6) is -1.85. The number of aryl methyl sites for hydroxylation is 1. The fourth-order valence-corrected chi connectivity index (χ4v) is 2.42. The summed E-state index contributed by atoms with van der Waals surface area (Å²) in [6.45, 7) is 0. The zero-order valence-electron chi connectivity index (χ0n) is 12.2. The molecule has 1 amide bonds. The predicted molar refractivity (Wildman–Crippen MR) is 85.2 cm³/mol. The highest BCUT2D eigenvalue weighted by Crippen LogP contribution is 2.27. The van der Waals surface area contributed by atoms with Gasteiger partial charge in [0.15, 0.2) is 0 Å². The second-order valence-electron chi connectivity index (χ2n) is 5.07. The summed E-state index contributed by atoms with van der Waals surface area (Å²) >= 11 is 0. The summed E-state index contributed by atoms with van der Waals surface area (Å²) in [5, 5.41) is 12.9. The zero-order chi connectivity index (χ0) is 16.6. The lowest BCUT2D eigenvalue weighted by molar-refractivity contribution is 0.102. The first-order valence-electron chi connectivity index (χ1n) is 6.86. The van der Waals surface area contributed by atoms with E-state index in [1.807, 2.05) is 0 Å². The quantitative estimate of drug-likeness (QED) is 0.764. The summed E-state index contributed by atoms with van der Waals surface area (Å²) in [6, 6.07) is 12.2. The number of hydrogen-bond acceptors (Lipinski definition) is 3. The van der Waals surface area contributed by atoms with Crippen molar-refractivity contribution in [2.75, 3.05) is 5.32 Å². The van der Waals surface area contributed by atoms with Gasteiger partial charge in [0.25, 0.3) is 11.5 Å². The Balaban J connectivity index is 2.17. The van der Waals surface area contributed by atoms with Gasteiger partial charge in [-0.3, -0.25) is 9.59 Å². The summed E-state index contributed by atoms with van der Waals surface area (Å²) in [6.07, 6.45) is 0. The minimum absolute atomic E-state index is 0.102. The lowest BCUT2D eigenvalue weighted by atomic mass is 10.1. The molecule has 0 radical (unpaired) electrons. The number of benzene rings is 2. The van der Waals surface area contributed by atoms with Gasteiger partial charge >= 0.3 is 0 Å². The molecule has 0 spiro atoms. The number of hydrogen-bond donors (Lipinski definition) is 2. The second-order valence-corrected chi connectivity index (χ2v) is 5.07. The molecule has 2 N–H and O–H groups in total. The van der Waals surface area contributed by atoms with Crippen LogP contribution in [-0.2, 0) is 7.05 Å². The maximum atomic E-state index is 13.4. The third-order valence-corrected chi connectivity index (χ3v) is 3.59. The van der Waals surface area contributed by atoms with Crippen molar-refractivity contribution in [3.8, 4) is 5.75 Å². The van der Waals surface area contributed by atoms with Crippen LogP contribution in [0.5, 0.6) is 5.75 Å². The van der Waals surface area contributed by atoms with E-state index in [4.69, 9.17) is 0 Å². The summed E-state index contributed by atoms with van der Waals surface area (Å²) in [5.41, 5.74) is -0.257. The highest BCUT2D eigenvalue weighted by atomic mass is 19.1. The molecule has 116 valence electrons. The fourth-order valence-electron chi connectivity index (χ4n) is 2.42. The molecule has 3 aromatic rings. The van der Waals surface area contributed by atoms with E-state index in [1.165, 1.54) is 23.7 Å². The SMILES string of the molecule is Cn1c(=O)c(C(=O)Nc2ccccc2)c(O)c2cc(F)ccc21. The molecule has 0 saturated heterocycles. The molecule has 0 saturated carbocycles. The molecule has 0 aliphatic carbocycles. The van der Waals surface area contributed by atoms with Gasteiger partial charge in [0.1, 0.15) is 17.1 Å². The Morgan fingerprint density at radius 1 is 1.17 bits per heavy atom. The van der Waals surface area contributed by atoms with Gasteiger partial charge in [-0.1, -0.05) is 18.2 Å². The predicted octanol–water partition coefficient (Wildman–Crippen LogP) is 2.64. The van der Waals surface area contributed by atoms with E-state index in [2.05, 4.69) is 5.32 Å². The number of aromatic hydroxyl groups is 1. The van der Waals surface area contributed by atoms with E-state index in [0.29, 0.717) is 11.2 Å². The van der Waals surface area contributed by atoms with Crippen LogP contribution in [0.2, 0.25) is 0 Å². The van der Waals surface area contributed by atoms with Crippen LogP contribution in [-0.4, -0.2) is 15.6 Å². The number of carbonyl (C=O) groups excluding carboxylic acids is 1. The molecular weight excluding hydrogens is 299 g/mol. The largest absolute Gasteiger partial charge is 0.506 e. The summed E-state index contributed by atoms with van der Waals surface area (Å²) in [7, 11) is 1.46. The highest BCUT2D eigenvalue weighted by Gasteiger charge is 2.21. The normalized spacial score (nSPS) is 10.7. The van der Waals surface area contributed by atoms with Gasteiger partial charge in [0.2, 0.25) is 0 Å². The zero-order valence-corrected chi connectivity index (χ0v) is 12.2. The van der Waals surface area contributed by atoms with E-state index in [0.717, 1.165) is 6.07 Å². The van der Waals surface area contributed by atoms with Crippen LogP contribution in [0.4, 0.5) is 10.1 Å². The molecule has 6 heteroatoms. The Morgan fingerprint density at radius 3 is 2.57 bits per heavy atom. The summed E-state index contributed by atoms with van der Waals surface area (Å²) in [4.78, 5) is 24.7. The number of nitrogens with one attached hydrogen (secondary N) is 1.